The van der Waals surface area contributed by atoms with Crippen LogP contribution in [0.4, 0.5) is 0 Å². The highest BCUT2D eigenvalue weighted by Crippen LogP contribution is 2.45. The topological polar surface area (TPSA) is 32.7 Å². The van der Waals surface area contributed by atoms with Crippen LogP contribution in [0.2, 0.25) is 0 Å². The van der Waals surface area contributed by atoms with Crippen LogP contribution in [-0.2, 0) is 4.74 Å². The summed E-state index contributed by atoms with van der Waals surface area (Å²) in [6, 6.07) is 1.37. The second kappa shape index (κ2) is 5.82. The molecule has 0 aromatic carbocycles. The fraction of sp³-hybridized carbons (Fsp3) is 1.00. The molecule has 2 heterocycles. The molecule has 3 nitrogen and oxygen atoms in total. The second-order valence-corrected chi connectivity index (χ2v) is 7.99. The third-order valence-electron chi connectivity index (χ3n) is 6.82. The molecular weight excluding hydrogens is 262 g/mol. The van der Waals surface area contributed by atoms with E-state index in [9.17, 15) is 5.11 Å². The van der Waals surface area contributed by atoms with Gasteiger partial charge in [-0.25, -0.2) is 0 Å². The van der Waals surface area contributed by atoms with E-state index in [2.05, 4.69) is 4.90 Å². The molecule has 4 aliphatic rings. The summed E-state index contributed by atoms with van der Waals surface area (Å²) in [5, 5.41) is 10.4. The quantitative estimate of drug-likeness (QED) is 0.849. The maximum atomic E-state index is 10.4. The van der Waals surface area contributed by atoms with Crippen molar-refractivity contribution in [3.63, 3.8) is 0 Å². The molecule has 1 spiro atoms. The molecule has 3 heteroatoms. The molecule has 21 heavy (non-hydrogen) atoms. The van der Waals surface area contributed by atoms with Crippen LogP contribution in [0.15, 0.2) is 0 Å². The number of hydrogen-bond donors (Lipinski definition) is 1. The van der Waals surface area contributed by atoms with Crippen LogP contribution in [0.25, 0.3) is 0 Å². The molecule has 2 aliphatic heterocycles. The van der Waals surface area contributed by atoms with E-state index in [1.54, 1.807) is 0 Å². The molecule has 2 aliphatic carbocycles. The Balaban J connectivity index is 1.48. The van der Waals surface area contributed by atoms with Crippen LogP contribution in [0.1, 0.15) is 70.6 Å². The van der Waals surface area contributed by atoms with E-state index in [-0.39, 0.29) is 11.7 Å². The number of aliphatic hydroxyl groups is 1. The fourth-order valence-electron chi connectivity index (χ4n) is 5.52. The molecule has 1 N–H and O–H groups in total. The highest BCUT2D eigenvalue weighted by atomic mass is 16.5. The highest BCUT2D eigenvalue weighted by Gasteiger charge is 2.46. The Morgan fingerprint density at radius 2 is 1.86 bits per heavy atom. The third-order valence-corrected chi connectivity index (χ3v) is 6.82. The molecule has 4 unspecified atom stereocenters. The molecule has 2 saturated heterocycles. The van der Waals surface area contributed by atoms with Gasteiger partial charge in [-0.05, 0) is 64.3 Å². The van der Waals surface area contributed by atoms with Crippen molar-refractivity contribution >= 4 is 0 Å². The summed E-state index contributed by atoms with van der Waals surface area (Å²) in [5.74, 6) is 0.547. The Hall–Kier alpha value is -0.120. The van der Waals surface area contributed by atoms with Crippen molar-refractivity contribution in [1.29, 1.82) is 0 Å². The Morgan fingerprint density at radius 1 is 0.952 bits per heavy atom. The predicted octanol–water partition coefficient (Wildman–Crippen LogP) is 3.10. The molecular formula is C18H31NO2. The van der Waals surface area contributed by atoms with E-state index in [4.69, 9.17) is 4.74 Å². The molecule has 4 atom stereocenters. The van der Waals surface area contributed by atoms with Gasteiger partial charge in [-0.3, -0.25) is 4.90 Å². The van der Waals surface area contributed by atoms with Gasteiger partial charge in [0.25, 0.3) is 0 Å². The summed E-state index contributed by atoms with van der Waals surface area (Å²) in [4.78, 5) is 2.81. The summed E-state index contributed by atoms with van der Waals surface area (Å²) in [6.45, 7) is 2.22. The Kier molecular flexibility index (Phi) is 4.01. The van der Waals surface area contributed by atoms with Crippen LogP contribution in [0.3, 0.4) is 0 Å². The van der Waals surface area contributed by atoms with Gasteiger partial charge >= 0.3 is 0 Å². The molecule has 0 bridgehead atoms. The van der Waals surface area contributed by atoms with Gasteiger partial charge in [0.05, 0.1) is 11.7 Å². The average molecular weight is 293 g/mol. The number of likely N-dealkylation sites (tertiary alicyclic amines) is 1. The zero-order valence-electron chi connectivity index (χ0n) is 13.3. The lowest BCUT2D eigenvalue weighted by Gasteiger charge is -2.53. The minimum atomic E-state index is -0.0342. The van der Waals surface area contributed by atoms with Crippen LogP contribution >= 0.6 is 0 Å². The first-order valence-electron chi connectivity index (χ1n) is 9.35. The van der Waals surface area contributed by atoms with Crippen molar-refractivity contribution < 1.29 is 9.84 Å². The van der Waals surface area contributed by atoms with Crippen LogP contribution in [-0.4, -0.2) is 46.9 Å². The largest absolute Gasteiger partial charge is 0.393 e. The van der Waals surface area contributed by atoms with Crippen molar-refractivity contribution in [1.82, 2.24) is 4.90 Å². The maximum absolute atomic E-state index is 10.4. The Labute approximate surface area is 129 Å². The first-order chi connectivity index (χ1) is 10.3. The van der Waals surface area contributed by atoms with Gasteiger partial charge < -0.3 is 9.84 Å². The molecule has 2 saturated carbocycles. The van der Waals surface area contributed by atoms with Crippen LogP contribution in [0.5, 0.6) is 0 Å². The second-order valence-electron chi connectivity index (χ2n) is 7.99. The highest BCUT2D eigenvalue weighted by molar-refractivity contribution is 5.00. The molecule has 4 fully saturated rings. The van der Waals surface area contributed by atoms with Gasteiger partial charge in [-0.1, -0.05) is 12.8 Å². The van der Waals surface area contributed by atoms with E-state index in [0.29, 0.717) is 12.0 Å². The van der Waals surface area contributed by atoms with Gasteiger partial charge in [0.15, 0.2) is 0 Å². The van der Waals surface area contributed by atoms with E-state index in [0.717, 1.165) is 19.1 Å². The number of nitrogens with zero attached hydrogens (tertiary/aromatic N) is 1. The summed E-state index contributed by atoms with van der Waals surface area (Å²) in [6.07, 6.45) is 13.9. The van der Waals surface area contributed by atoms with Gasteiger partial charge in [0.2, 0.25) is 0 Å². The van der Waals surface area contributed by atoms with Crippen molar-refractivity contribution in [2.24, 2.45) is 5.92 Å². The maximum Gasteiger partial charge on any atom is 0.0697 e. The van der Waals surface area contributed by atoms with Gasteiger partial charge in [-0.15, -0.1) is 0 Å². The Morgan fingerprint density at radius 3 is 2.57 bits per heavy atom. The van der Waals surface area contributed by atoms with Gasteiger partial charge in [0.1, 0.15) is 0 Å². The minimum Gasteiger partial charge on any atom is -0.393 e. The Bertz CT molecular complexity index is 368. The molecule has 120 valence electrons. The third kappa shape index (κ3) is 2.66. The smallest absolute Gasteiger partial charge is 0.0697 e. The van der Waals surface area contributed by atoms with E-state index >= 15 is 0 Å². The summed E-state index contributed by atoms with van der Waals surface area (Å²) >= 11 is 0. The first-order valence-corrected chi connectivity index (χ1v) is 9.35. The zero-order chi connectivity index (χ0) is 14.3. The molecule has 0 aromatic rings. The van der Waals surface area contributed by atoms with Crippen molar-refractivity contribution in [2.45, 2.75) is 94.4 Å². The summed E-state index contributed by atoms with van der Waals surface area (Å²) < 4.78 is 6.13. The summed E-state index contributed by atoms with van der Waals surface area (Å²) in [5.41, 5.74) is 0.249. The monoisotopic (exact) mass is 293 g/mol. The van der Waals surface area contributed by atoms with E-state index < -0.39 is 0 Å². The lowest BCUT2D eigenvalue weighted by molar-refractivity contribution is -0.157. The number of rotatable bonds is 2. The zero-order valence-corrected chi connectivity index (χ0v) is 13.3. The van der Waals surface area contributed by atoms with Gasteiger partial charge in [0, 0.05) is 24.6 Å². The molecule has 4 rings (SSSR count). The van der Waals surface area contributed by atoms with Crippen LogP contribution in [0, 0.1) is 5.92 Å². The molecule has 0 amide bonds. The number of piperidine rings is 1. The predicted molar refractivity (Wildman–Crippen MR) is 83.2 cm³/mol. The summed E-state index contributed by atoms with van der Waals surface area (Å²) in [7, 11) is 0. The van der Waals surface area contributed by atoms with E-state index in [1.165, 1.54) is 70.8 Å². The standard InChI is InChI=1S/C18H31NO2/c20-17-7-3-5-15(17)16-6-1-2-11-19(16)14-8-12-21-18(13-14)9-4-10-18/h14-17,20H,1-13H2. The van der Waals surface area contributed by atoms with Crippen molar-refractivity contribution in [2.75, 3.05) is 13.2 Å². The lowest BCUT2D eigenvalue weighted by atomic mass is 9.73. The van der Waals surface area contributed by atoms with Gasteiger partial charge in [-0.2, -0.15) is 0 Å². The van der Waals surface area contributed by atoms with Crippen molar-refractivity contribution in [3.8, 4) is 0 Å². The number of ether oxygens (including phenoxy) is 1. The number of hydrogen-bond acceptors (Lipinski definition) is 3. The lowest BCUT2D eigenvalue weighted by Crippen LogP contribution is -2.57. The van der Waals surface area contributed by atoms with Crippen molar-refractivity contribution in [3.05, 3.63) is 0 Å². The van der Waals surface area contributed by atoms with Crippen LogP contribution < -0.4 is 0 Å². The SMILES string of the molecule is OC1CCCC1C1CCCCN1C1CCOC2(CCC2)C1. The number of aliphatic hydroxyl groups excluding tert-OH is 1. The van der Waals surface area contributed by atoms with E-state index in [1.807, 2.05) is 0 Å². The minimum absolute atomic E-state index is 0.0342. The molecule has 0 radical (unpaired) electrons. The average Bonchev–Trinajstić information content (AvgIpc) is 2.92. The first kappa shape index (κ1) is 14.5. The normalized spacial score (nSPS) is 43.9. The fourth-order valence-corrected chi connectivity index (χ4v) is 5.52. The molecule has 0 aromatic heterocycles.